The van der Waals surface area contributed by atoms with Crippen LogP contribution in [0.1, 0.15) is 13.3 Å². The molecule has 1 aliphatic rings. The second-order valence-electron chi connectivity index (χ2n) is 7.01. The van der Waals surface area contributed by atoms with Gasteiger partial charge in [0.15, 0.2) is 5.17 Å². The molecule has 176 valence electrons. The first kappa shape index (κ1) is 24.9. The van der Waals surface area contributed by atoms with Gasteiger partial charge in [0.2, 0.25) is 11.8 Å². The van der Waals surface area contributed by atoms with Crippen LogP contribution < -0.4 is 14.8 Å². The van der Waals surface area contributed by atoms with Crippen molar-refractivity contribution in [3.8, 4) is 11.5 Å². The highest BCUT2D eigenvalue weighted by molar-refractivity contribution is 8.15. The van der Waals surface area contributed by atoms with E-state index in [0.29, 0.717) is 47.1 Å². The second kappa shape index (κ2) is 11.9. The second-order valence-corrected chi connectivity index (χ2v) is 8.59. The van der Waals surface area contributed by atoms with Crippen molar-refractivity contribution in [2.75, 3.05) is 39.3 Å². The molecule has 1 aliphatic heterocycles. The fourth-order valence-corrected chi connectivity index (χ4v) is 4.57. The normalized spacial score (nSPS) is 16.8. The van der Waals surface area contributed by atoms with Crippen LogP contribution in [-0.4, -0.2) is 61.1 Å². The fraction of sp³-hybridized carbons (Fsp3) is 0.348. The third-order valence-corrected chi connectivity index (χ3v) is 6.19. The monoisotopic (exact) mass is 491 g/mol. The Balaban J connectivity index is 1.71. The number of hydrogen-bond donors (Lipinski definition) is 1. The van der Waals surface area contributed by atoms with Crippen LogP contribution in [0.3, 0.4) is 0 Å². The predicted octanol–water partition coefficient (Wildman–Crippen LogP) is 4.35. The lowest BCUT2D eigenvalue weighted by Gasteiger charge is -2.16. The summed E-state index contributed by atoms with van der Waals surface area (Å²) in [5.74, 6) is 0.793. The summed E-state index contributed by atoms with van der Waals surface area (Å²) in [4.78, 5) is 31.8. The minimum absolute atomic E-state index is 0.00106. The minimum atomic E-state index is -0.586. The van der Waals surface area contributed by atoms with Crippen molar-refractivity contribution < 1.29 is 23.8 Å². The zero-order chi connectivity index (χ0) is 23.8. The summed E-state index contributed by atoms with van der Waals surface area (Å²) in [6.45, 7) is 3.21. The van der Waals surface area contributed by atoms with E-state index in [1.54, 1.807) is 30.2 Å². The number of halogens is 1. The van der Waals surface area contributed by atoms with E-state index in [2.05, 4.69) is 10.3 Å². The lowest BCUT2D eigenvalue weighted by atomic mass is 10.2. The zero-order valence-corrected chi connectivity index (χ0v) is 20.2. The summed E-state index contributed by atoms with van der Waals surface area (Å²) in [6.07, 6.45) is -0.00106. The van der Waals surface area contributed by atoms with Crippen LogP contribution in [0.4, 0.5) is 11.4 Å². The highest BCUT2D eigenvalue weighted by atomic mass is 35.5. The van der Waals surface area contributed by atoms with E-state index in [1.807, 2.05) is 31.2 Å². The molecule has 3 rings (SSSR count). The summed E-state index contributed by atoms with van der Waals surface area (Å²) < 4.78 is 15.7. The lowest BCUT2D eigenvalue weighted by molar-refractivity contribution is -0.128. The zero-order valence-electron chi connectivity index (χ0n) is 18.7. The Hall–Kier alpha value is -2.75. The summed E-state index contributed by atoms with van der Waals surface area (Å²) in [6, 6.07) is 12.3. The van der Waals surface area contributed by atoms with E-state index in [9.17, 15) is 9.59 Å². The number of methoxy groups -OCH3 is 2. The topological polar surface area (TPSA) is 89.5 Å². The number of thioether (sulfide) groups is 1. The number of benzene rings is 2. The maximum Gasteiger partial charge on any atom is 0.242 e. The molecule has 1 unspecified atom stereocenters. The maximum absolute atomic E-state index is 13.0. The third kappa shape index (κ3) is 6.63. The molecule has 1 saturated heterocycles. The number of amidine groups is 1. The van der Waals surface area contributed by atoms with Gasteiger partial charge in [-0.1, -0.05) is 23.4 Å². The Morgan fingerprint density at radius 3 is 2.61 bits per heavy atom. The van der Waals surface area contributed by atoms with Crippen molar-refractivity contribution in [2.24, 2.45) is 4.99 Å². The first-order valence-electron chi connectivity index (χ1n) is 10.4. The standard InChI is InChI=1S/C23H26ClN3O5S/c1-4-32-17-8-5-15(6-9-17)26-23-27(11-12-30-2)22(29)20(33-23)14-21(28)25-16-7-10-19(31-3)18(24)13-16/h5-10,13,20H,4,11-12,14H2,1-3H3,(H,25,28). The van der Waals surface area contributed by atoms with E-state index in [0.717, 1.165) is 5.75 Å². The summed E-state index contributed by atoms with van der Waals surface area (Å²) in [7, 11) is 3.09. The molecule has 1 fully saturated rings. The molecule has 1 N–H and O–H groups in total. The average molecular weight is 492 g/mol. The lowest BCUT2D eigenvalue weighted by Crippen LogP contribution is -2.35. The number of amides is 2. The van der Waals surface area contributed by atoms with Gasteiger partial charge in [0.25, 0.3) is 0 Å². The molecule has 0 aromatic heterocycles. The van der Waals surface area contributed by atoms with Gasteiger partial charge in [-0.25, -0.2) is 4.99 Å². The molecule has 2 aromatic carbocycles. The molecule has 10 heteroatoms. The van der Waals surface area contributed by atoms with E-state index in [4.69, 9.17) is 25.8 Å². The van der Waals surface area contributed by atoms with Crippen molar-refractivity contribution in [2.45, 2.75) is 18.6 Å². The van der Waals surface area contributed by atoms with Gasteiger partial charge in [-0.05, 0) is 49.4 Å². The van der Waals surface area contributed by atoms with E-state index in [1.165, 1.54) is 18.9 Å². The predicted molar refractivity (Wildman–Crippen MR) is 131 cm³/mol. The van der Waals surface area contributed by atoms with Crippen LogP contribution in [0.25, 0.3) is 0 Å². The third-order valence-electron chi connectivity index (χ3n) is 4.72. The number of rotatable bonds is 10. The molecule has 8 nitrogen and oxygen atoms in total. The molecule has 2 amide bonds. The molecule has 0 aliphatic carbocycles. The first-order valence-corrected chi connectivity index (χ1v) is 11.6. The molecule has 1 atom stereocenters. The molecule has 1 heterocycles. The minimum Gasteiger partial charge on any atom is -0.495 e. The van der Waals surface area contributed by atoms with Crippen LogP contribution in [-0.2, 0) is 14.3 Å². The van der Waals surface area contributed by atoms with Gasteiger partial charge in [0, 0.05) is 19.2 Å². The quantitative estimate of drug-likeness (QED) is 0.531. The molecule has 0 radical (unpaired) electrons. The van der Waals surface area contributed by atoms with Gasteiger partial charge in [0.1, 0.15) is 16.7 Å². The van der Waals surface area contributed by atoms with Gasteiger partial charge in [0.05, 0.1) is 37.6 Å². The summed E-state index contributed by atoms with van der Waals surface area (Å²) >= 11 is 7.39. The van der Waals surface area contributed by atoms with Crippen LogP contribution >= 0.6 is 23.4 Å². The highest BCUT2D eigenvalue weighted by Crippen LogP contribution is 2.33. The van der Waals surface area contributed by atoms with Crippen molar-refractivity contribution in [1.29, 1.82) is 0 Å². The number of aliphatic imine (C=N–C) groups is 1. The molecular weight excluding hydrogens is 466 g/mol. The number of nitrogens with zero attached hydrogens (tertiary/aromatic N) is 2. The first-order chi connectivity index (χ1) is 15.9. The van der Waals surface area contributed by atoms with Gasteiger partial charge < -0.3 is 19.5 Å². The summed E-state index contributed by atoms with van der Waals surface area (Å²) in [5, 5.41) is 3.11. The van der Waals surface area contributed by atoms with Crippen molar-refractivity contribution in [1.82, 2.24) is 4.90 Å². The van der Waals surface area contributed by atoms with Gasteiger partial charge in [-0.15, -0.1) is 0 Å². The Kier molecular flexibility index (Phi) is 8.99. The Morgan fingerprint density at radius 2 is 1.97 bits per heavy atom. The van der Waals surface area contributed by atoms with Crippen molar-refractivity contribution >= 4 is 51.7 Å². The SMILES string of the molecule is CCOc1ccc(N=C2SC(CC(=O)Nc3ccc(OC)c(Cl)c3)C(=O)N2CCOC)cc1. The Morgan fingerprint density at radius 1 is 1.21 bits per heavy atom. The Bertz CT molecular complexity index is 1020. The van der Waals surface area contributed by atoms with E-state index < -0.39 is 5.25 Å². The van der Waals surface area contributed by atoms with Crippen molar-refractivity contribution in [3.63, 3.8) is 0 Å². The van der Waals surface area contributed by atoms with Crippen LogP contribution in [0.2, 0.25) is 5.02 Å². The number of hydrogen-bond acceptors (Lipinski definition) is 7. The molecule has 33 heavy (non-hydrogen) atoms. The molecule has 2 aromatic rings. The van der Waals surface area contributed by atoms with Crippen LogP contribution in [0.5, 0.6) is 11.5 Å². The fourth-order valence-electron chi connectivity index (χ4n) is 3.13. The number of nitrogens with one attached hydrogen (secondary N) is 1. The largest absolute Gasteiger partial charge is 0.495 e. The van der Waals surface area contributed by atoms with Crippen molar-refractivity contribution in [3.05, 3.63) is 47.5 Å². The van der Waals surface area contributed by atoms with Crippen LogP contribution in [0.15, 0.2) is 47.5 Å². The molecule has 0 bridgehead atoms. The molecule has 0 saturated carbocycles. The number of ether oxygens (including phenoxy) is 3. The number of carbonyl (C=O) groups excluding carboxylic acids is 2. The maximum atomic E-state index is 13.0. The number of carbonyl (C=O) groups is 2. The number of anilines is 1. The smallest absolute Gasteiger partial charge is 0.242 e. The summed E-state index contributed by atoms with van der Waals surface area (Å²) in [5.41, 5.74) is 1.22. The van der Waals surface area contributed by atoms with Gasteiger partial charge >= 0.3 is 0 Å². The van der Waals surface area contributed by atoms with Gasteiger partial charge in [-0.2, -0.15) is 0 Å². The molecule has 0 spiro atoms. The Labute approximate surface area is 202 Å². The van der Waals surface area contributed by atoms with E-state index in [-0.39, 0.29) is 18.2 Å². The molecular formula is C23H26ClN3O5S. The average Bonchev–Trinajstić information content (AvgIpc) is 3.07. The highest BCUT2D eigenvalue weighted by Gasteiger charge is 2.39. The van der Waals surface area contributed by atoms with E-state index >= 15 is 0 Å². The van der Waals surface area contributed by atoms with Gasteiger partial charge in [-0.3, -0.25) is 14.5 Å². The van der Waals surface area contributed by atoms with Crippen LogP contribution in [0, 0.1) is 0 Å².